The van der Waals surface area contributed by atoms with Gasteiger partial charge in [0.15, 0.2) is 0 Å². The van der Waals surface area contributed by atoms with E-state index in [0.29, 0.717) is 19.6 Å². The molecule has 1 aliphatic rings. The smallest absolute Gasteiger partial charge is 0.226 e. The quantitative estimate of drug-likeness (QED) is 0.661. The number of carbonyl (C=O) groups is 1. The van der Waals surface area contributed by atoms with E-state index in [2.05, 4.69) is 26.3 Å². The molecule has 6 nitrogen and oxygen atoms in total. The summed E-state index contributed by atoms with van der Waals surface area (Å²) in [6.45, 7) is 2.85. The van der Waals surface area contributed by atoms with Crippen molar-refractivity contribution in [2.75, 3.05) is 25.1 Å². The van der Waals surface area contributed by atoms with Crippen LogP contribution in [0.25, 0.3) is 11.0 Å². The normalized spacial score (nSPS) is 16.1. The van der Waals surface area contributed by atoms with Gasteiger partial charge in [0.2, 0.25) is 5.91 Å². The minimum absolute atomic E-state index is 0. The van der Waals surface area contributed by atoms with E-state index >= 15 is 0 Å². The fourth-order valence-electron chi connectivity index (χ4n) is 3.21. The van der Waals surface area contributed by atoms with Crippen LogP contribution in [0.2, 0.25) is 0 Å². The molecule has 1 amide bonds. The number of imidazole rings is 1. The first-order chi connectivity index (χ1) is 12.8. The van der Waals surface area contributed by atoms with Gasteiger partial charge in [0.1, 0.15) is 0 Å². The fourth-order valence-corrected chi connectivity index (χ4v) is 3.21. The number of rotatable bonds is 5. The summed E-state index contributed by atoms with van der Waals surface area (Å²) in [7, 11) is 0. The van der Waals surface area contributed by atoms with Gasteiger partial charge >= 0.3 is 0 Å². The van der Waals surface area contributed by atoms with Crippen LogP contribution in [0, 0.1) is 0 Å². The third kappa shape index (κ3) is 5.45. The molecule has 4 rings (SSSR count). The Hall–Kier alpha value is -2.12. The largest absolute Gasteiger partial charge is 0.378 e. The van der Waals surface area contributed by atoms with Crippen molar-refractivity contribution in [1.82, 2.24) is 14.9 Å². The Morgan fingerprint density at radius 3 is 2.71 bits per heavy atom. The van der Waals surface area contributed by atoms with Crippen molar-refractivity contribution in [2.45, 2.75) is 19.0 Å². The van der Waals surface area contributed by atoms with Gasteiger partial charge < -0.3 is 19.9 Å². The van der Waals surface area contributed by atoms with Crippen molar-refractivity contribution in [1.29, 1.82) is 0 Å². The monoisotopic (exact) mass is 422 g/mol. The van der Waals surface area contributed by atoms with E-state index in [1.807, 2.05) is 48.8 Å². The number of amides is 1. The molecule has 2 heterocycles. The number of para-hydroxylation sites is 2. The fraction of sp³-hybridized carbons (Fsp3) is 0.300. The van der Waals surface area contributed by atoms with Crippen molar-refractivity contribution in [3.8, 4) is 0 Å². The van der Waals surface area contributed by atoms with Crippen LogP contribution in [-0.4, -0.2) is 41.3 Å². The van der Waals surface area contributed by atoms with Gasteiger partial charge in [-0.1, -0.05) is 24.3 Å². The number of nitrogens with one attached hydrogen (secondary N) is 2. The highest BCUT2D eigenvalue weighted by Crippen LogP contribution is 2.16. The Bertz CT molecular complexity index is 893. The number of anilines is 1. The number of morpholine rings is 1. The second-order valence-corrected chi connectivity index (χ2v) is 6.54. The second-order valence-electron chi connectivity index (χ2n) is 6.54. The predicted octanol–water partition coefficient (Wildman–Crippen LogP) is 3.25. The van der Waals surface area contributed by atoms with E-state index in [-0.39, 0.29) is 36.8 Å². The Kier molecular flexibility index (Phi) is 8.26. The lowest BCUT2D eigenvalue weighted by Crippen LogP contribution is -2.43. The molecule has 1 atom stereocenters. The van der Waals surface area contributed by atoms with E-state index < -0.39 is 0 Å². The van der Waals surface area contributed by atoms with Gasteiger partial charge in [0, 0.05) is 31.2 Å². The summed E-state index contributed by atoms with van der Waals surface area (Å²) in [5.74, 6) is 0.00125. The molecule has 0 bridgehead atoms. The molecule has 1 unspecified atom stereocenters. The minimum atomic E-state index is 0. The van der Waals surface area contributed by atoms with E-state index in [1.54, 1.807) is 0 Å². The Morgan fingerprint density at radius 2 is 1.96 bits per heavy atom. The summed E-state index contributed by atoms with van der Waals surface area (Å²) in [5.41, 5.74) is 4.09. The van der Waals surface area contributed by atoms with Crippen LogP contribution in [0.15, 0.2) is 54.9 Å². The molecule has 2 aromatic carbocycles. The standard InChI is InChI=1S/C20H22N4O2.2ClH/c25-20(11-17-13-26-10-9-21-17)23-16-7-5-15(6-8-16)12-24-14-22-18-3-1-2-4-19(18)24;;/h1-8,14,17,21H,9-13H2,(H,23,25);2*1H. The summed E-state index contributed by atoms with van der Waals surface area (Å²) in [4.78, 5) is 16.6. The van der Waals surface area contributed by atoms with Crippen molar-refractivity contribution in [3.63, 3.8) is 0 Å². The number of fused-ring (bicyclic) bond motifs is 1. The maximum absolute atomic E-state index is 12.1. The molecule has 28 heavy (non-hydrogen) atoms. The summed E-state index contributed by atoms with van der Waals surface area (Å²) in [5, 5.41) is 6.24. The predicted molar refractivity (Wildman–Crippen MR) is 116 cm³/mol. The zero-order valence-corrected chi connectivity index (χ0v) is 17.0. The molecule has 8 heteroatoms. The van der Waals surface area contributed by atoms with E-state index in [1.165, 1.54) is 0 Å². The molecular formula is C20H24Cl2N4O2. The number of aromatic nitrogens is 2. The number of halogens is 2. The third-order valence-corrected chi connectivity index (χ3v) is 4.55. The summed E-state index contributed by atoms with van der Waals surface area (Å²) < 4.78 is 7.50. The van der Waals surface area contributed by atoms with Crippen molar-refractivity contribution >= 4 is 47.4 Å². The lowest BCUT2D eigenvalue weighted by atomic mass is 10.1. The van der Waals surface area contributed by atoms with Crippen LogP contribution in [0.4, 0.5) is 5.69 Å². The maximum atomic E-state index is 12.1. The molecule has 1 aromatic heterocycles. The number of nitrogens with zero attached hydrogens (tertiary/aromatic N) is 2. The Morgan fingerprint density at radius 1 is 1.18 bits per heavy atom. The van der Waals surface area contributed by atoms with Crippen molar-refractivity contribution in [3.05, 3.63) is 60.4 Å². The molecule has 0 spiro atoms. The average molecular weight is 423 g/mol. The van der Waals surface area contributed by atoms with Gasteiger partial charge in [0.05, 0.1) is 30.6 Å². The molecule has 1 aliphatic heterocycles. The minimum Gasteiger partial charge on any atom is -0.378 e. The lowest BCUT2D eigenvalue weighted by molar-refractivity contribution is -0.117. The molecule has 1 fully saturated rings. The van der Waals surface area contributed by atoms with Crippen LogP contribution < -0.4 is 10.6 Å². The molecule has 0 radical (unpaired) electrons. The first kappa shape index (κ1) is 22.2. The number of carbonyl (C=O) groups excluding carboxylic acids is 1. The topological polar surface area (TPSA) is 68.2 Å². The molecule has 1 saturated heterocycles. The van der Waals surface area contributed by atoms with Crippen molar-refractivity contribution in [2.24, 2.45) is 0 Å². The molecule has 150 valence electrons. The Labute approximate surface area is 176 Å². The van der Waals surface area contributed by atoms with Gasteiger partial charge in [-0.15, -0.1) is 24.8 Å². The SMILES string of the molecule is Cl.Cl.O=C(CC1COCCN1)Nc1ccc(Cn2cnc3ccccc32)cc1. The average Bonchev–Trinajstić information content (AvgIpc) is 3.07. The highest BCUT2D eigenvalue weighted by atomic mass is 35.5. The molecule has 0 aliphatic carbocycles. The van der Waals surface area contributed by atoms with Gasteiger partial charge in [-0.05, 0) is 29.8 Å². The number of hydrogen-bond acceptors (Lipinski definition) is 4. The van der Waals surface area contributed by atoms with E-state index in [9.17, 15) is 4.79 Å². The van der Waals surface area contributed by atoms with Crippen LogP contribution in [0.3, 0.4) is 0 Å². The zero-order valence-electron chi connectivity index (χ0n) is 15.3. The van der Waals surface area contributed by atoms with Gasteiger partial charge in [-0.2, -0.15) is 0 Å². The third-order valence-electron chi connectivity index (χ3n) is 4.55. The molecule has 2 N–H and O–H groups in total. The highest BCUT2D eigenvalue weighted by molar-refractivity contribution is 5.91. The summed E-state index contributed by atoms with van der Waals surface area (Å²) in [6.07, 6.45) is 2.28. The van der Waals surface area contributed by atoms with E-state index in [0.717, 1.165) is 35.4 Å². The van der Waals surface area contributed by atoms with Gasteiger partial charge in [-0.3, -0.25) is 4.79 Å². The van der Waals surface area contributed by atoms with Gasteiger partial charge in [0.25, 0.3) is 0 Å². The number of hydrogen-bond donors (Lipinski definition) is 2. The highest BCUT2D eigenvalue weighted by Gasteiger charge is 2.16. The molecule has 3 aromatic rings. The summed E-state index contributed by atoms with van der Waals surface area (Å²) >= 11 is 0. The van der Waals surface area contributed by atoms with Crippen LogP contribution >= 0.6 is 24.8 Å². The van der Waals surface area contributed by atoms with E-state index in [4.69, 9.17) is 4.74 Å². The number of ether oxygens (including phenoxy) is 1. The van der Waals surface area contributed by atoms with Crippen molar-refractivity contribution < 1.29 is 9.53 Å². The molecular weight excluding hydrogens is 399 g/mol. The van der Waals surface area contributed by atoms with Crippen LogP contribution in [0.5, 0.6) is 0 Å². The van der Waals surface area contributed by atoms with Crippen LogP contribution in [-0.2, 0) is 16.1 Å². The maximum Gasteiger partial charge on any atom is 0.226 e. The second kappa shape index (κ2) is 10.4. The molecule has 0 saturated carbocycles. The summed E-state index contributed by atoms with van der Waals surface area (Å²) in [6, 6.07) is 16.1. The lowest BCUT2D eigenvalue weighted by Gasteiger charge is -2.23. The first-order valence-electron chi connectivity index (χ1n) is 8.88. The van der Waals surface area contributed by atoms with Gasteiger partial charge in [-0.25, -0.2) is 4.98 Å². The van der Waals surface area contributed by atoms with Crippen LogP contribution in [0.1, 0.15) is 12.0 Å². The first-order valence-corrected chi connectivity index (χ1v) is 8.88. The Balaban J connectivity index is 0.00000140. The zero-order chi connectivity index (χ0) is 17.8. The number of benzene rings is 2.